The van der Waals surface area contributed by atoms with Gasteiger partial charge in [-0.1, -0.05) is 11.3 Å². The Bertz CT molecular complexity index is 917. The van der Waals surface area contributed by atoms with Crippen LogP contribution in [0.1, 0.15) is 18.2 Å². The molecule has 116 valence electrons. The van der Waals surface area contributed by atoms with E-state index in [-0.39, 0.29) is 5.82 Å². The number of pyridine rings is 1. The third kappa shape index (κ3) is 2.62. The first kappa shape index (κ1) is 15.0. The highest BCUT2D eigenvalue weighted by molar-refractivity contribution is 7.18. The Morgan fingerprint density at radius 3 is 2.70 bits per heavy atom. The SMILES string of the molecule is CCn1cc(-c2cc(-c3sc(N)nc3C)nc(N)c2C#N)cn1. The number of hydrogen-bond acceptors (Lipinski definition) is 7. The molecule has 0 saturated heterocycles. The highest BCUT2D eigenvalue weighted by Crippen LogP contribution is 2.35. The number of nitrogens with two attached hydrogens (primary N) is 2. The number of hydrogen-bond donors (Lipinski definition) is 2. The fourth-order valence-electron chi connectivity index (χ4n) is 2.36. The second-order valence-electron chi connectivity index (χ2n) is 4.98. The molecule has 7 nitrogen and oxygen atoms in total. The fourth-order valence-corrected chi connectivity index (χ4v) is 3.15. The summed E-state index contributed by atoms with van der Waals surface area (Å²) in [5.41, 5.74) is 15.1. The lowest BCUT2D eigenvalue weighted by molar-refractivity contribution is 0.660. The number of aromatic nitrogens is 4. The molecule has 3 heterocycles. The highest BCUT2D eigenvalue weighted by atomic mass is 32.1. The van der Waals surface area contributed by atoms with Crippen molar-refractivity contribution < 1.29 is 0 Å². The third-order valence-corrected chi connectivity index (χ3v) is 4.48. The molecule has 8 heteroatoms. The predicted molar refractivity (Wildman–Crippen MR) is 90.5 cm³/mol. The summed E-state index contributed by atoms with van der Waals surface area (Å²) in [5.74, 6) is 0.190. The molecular formula is C15H15N7S. The second kappa shape index (κ2) is 5.70. The van der Waals surface area contributed by atoms with Crippen molar-refractivity contribution in [3.8, 4) is 27.8 Å². The van der Waals surface area contributed by atoms with Gasteiger partial charge in [-0.3, -0.25) is 4.68 Å². The summed E-state index contributed by atoms with van der Waals surface area (Å²) in [6.07, 6.45) is 3.60. The number of thiazole rings is 1. The van der Waals surface area contributed by atoms with Crippen LogP contribution in [0, 0.1) is 18.3 Å². The third-order valence-electron chi connectivity index (χ3n) is 3.47. The van der Waals surface area contributed by atoms with Gasteiger partial charge in [-0.2, -0.15) is 10.4 Å². The van der Waals surface area contributed by atoms with Gasteiger partial charge in [0.05, 0.1) is 22.5 Å². The van der Waals surface area contributed by atoms with E-state index in [0.717, 1.165) is 22.7 Å². The Hall–Kier alpha value is -2.92. The summed E-state index contributed by atoms with van der Waals surface area (Å²) in [6, 6.07) is 3.97. The molecule has 0 amide bonds. The van der Waals surface area contributed by atoms with Crippen LogP contribution in [0.4, 0.5) is 10.9 Å². The summed E-state index contributed by atoms with van der Waals surface area (Å²) in [5, 5.41) is 14.1. The Morgan fingerprint density at radius 2 is 2.13 bits per heavy atom. The van der Waals surface area contributed by atoms with E-state index < -0.39 is 0 Å². The molecule has 0 aliphatic carbocycles. The zero-order chi connectivity index (χ0) is 16.6. The smallest absolute Gasteiger partial charge is 0.180 e. The lowest BCUT2D eigenvalue weighted by atomic mass is 10.0. The first-order valence-corrected chi connectivity index (χ1v) is 7.81. The molecule has 0 fully saturated rings. The number of aryl methyl sites for hydroxylation is 2. The average molecular weight is 325 g/mol. The monoisotopic (exact) mass is 325 g/mol. The van der Waals surface area contributed by atoms with Crippen LogP contribution in [-0.2, 0) is 6.54 Å². The van der Waals surface area contributed by atoms with Crippen LogP contribution in [0.25, 0.3) is 21.7 Å². The molecule has 0 bridgehead atoms. The van der Waals surface area contributed by atoms with Crippen LogP contribution in [0.3, 0.4) is 0 Å². The first-order chi connectivity index (χ1) is 11.0. The van der Waals surface area contributed by atoms with Crippen LogP contribution in [0.5, 0.6) is 0 Å². The minimum absolute atomic E-state index is 0.190. The van der Waals surface area contributed by atoms with Crippen molar-refractivity contribution in [2.75, 3.05) is 11.5 Å². The van der Waals surface area contributed by atoms with Crippen LogP contribution in [-0.4, -0.2) is 19.7 Å². The molecule has 0 spiro atoms. The summed E-state index contributed by atoms with van der Waals surface area (Å²) in [6.45, 7) is 4.62. The number of rotatable bonds is 3. The average Bonchev–Trinajstić information content (AvgIpc) is 3.12. The van der Waals surface area contributed by atoms with Crippen molar-refractivity contribution in [1.82, 2.24) is 19.7 Å². The van der Waals surface area contributed by atoms with Gasteiger partial charge in [-0.15, -0.1) is 0 Å². The Kier molecular flexibility index (Phi) is 3.72. The topological polar surface area (TPSA) is 119 Å². The Labute approximate surface area is 137 Å². The van der Waals surface area contributed by atoms with Gasteiger partial charge < -0.3 is 11.5 Å². The fraction of sp³-hybridized carbons (Fsp3) is 0.200. The van der Waals surface area contributed by atoms with E-state index in [1.165, 1.54) is 11.3 Å². The van der Waals surface area contributed by atoms with Gasteiger partial charge in [-0.25, -0.2) is 9.97 Å². The van der Waals surface area contributed by atoms with Crippen molar-refractivity contribution >= 4 is 22.3 Å². The van der Waals surface area contributed by atoms with Crippen molar-refractivity contribution in [2.24, 2.45) is 0 Å². The van der Waals surface area contributed by atoms with Gasteiger partial charge in [0, 0.05) is 23.9 Å². The number of anilines is 2. The number of nitriles is 1. The largest absolute Gasteiger partial charge is 0.383 e. The van der Waals surface area contributed by atoms with Crippen molar-refractivity contribution in [1.29, 1.82) is 5.26 Å². The maximum absolute atomic E-state index is 9.42. The van der Waals surface area contributed by atoms with Gasteiger partial charge in [0.2, 0.25) is 0 Å². The minimum Gasteiger partial charge on any atom is -0.383 e. The summed E-state index contributed by atoms with van der Waals surface area (Å²) in [4.78, 5) is 9.41. The Morgan fingerprint density at radius 1 is 1.35 bits per heavy atom. The van der Waals surface area contributed by atoms with E-state index in [1.54, 1.807) is 10.9 Å². The molecule has 0 atom stereocenters. The van der Waals surface area contributed by atoms with E-state index in [2.05, 4.69) is 21.1 Å². The lowest BCUT2D eigenvalue weighted by Crippen LogP contribution is -1.99. The van der Waals surface area contributed by atoms with E-state index in [4.69, 9.17) is 11.5 Å². The molecule has 0 aromatic carbocycles. The normalized spacial score (nSPS) is 10.7. The van der Waals surface area contributed by atoms with Crippen LogP contribution < -0.4 is 11.5 Å². The van der Waals surface area contributed by atoms with E-state index in [0.29, 0.717) is 22.0 Å². The Balaban J connectivity index is 2.22. The maximum atomic E-state index is 9.42. The van der Waals surface area contributed by atoms with E-state index >= 15 is 0 Å². The predicted octanol–water partition coefficient (Wildman–Crippen LogP) is 2.43. The highest BCUT2D eigenvalue weighted by Gasteiger charge is 2.17. The molecule has 0 radical (unpaired) electrons. The number of nitrogen functional groups attached to an aromatic ring is 2. The van der Waals surface area contributed by atoms with Gasteiger partial charge in [-0.05, 0) is 19.9 Å². The maximum Gasteiger partial charge on any atom is 0.180 e. The summed E-state index contributed by atoms with van der Waals surface area (Å²) < 4.78 is 1.79. The van der Waals surface area contributed by atoms with Crippen LogP contribution >= 0.6 is 11.3 Å². The minimum atomic E-state index is 0.190. The lowest BCUT2D eigenvalue weighted by Gasteiger charge is -2.07. The molecular weight excluding hydrogens is 310 g/mol. The van der Waals surface area contributed by atoms with Crippen LogP contribution in [0.2, 0.25) is 0 Å². The molecule has 0 saturated carbocycles. The zero-order valence-corrected chi connectivity index (χ0v) is 13.6. The molecule has 3 aromatic rings. The van der Waals surface area contributed by atoms with Crippen LogP contribution in [0.15, 0.2) is 18.5 Å². The molecule has 23 heavy (non-hydrogen) atoms. The van der Waals surface area contributed by atoms with Gasteiger partial charge in [0.25, 0.3) is 0 Å². The molecule has 0 unspecified atom stereocenters. The molecule has 3 rings (SSSR count). The van der Waals surface area contributed by atoms with Crippen molar-refractivity contribution in [3.05, 3.63) is 29.7 Å². The molecule has 0 aliphatic rings. The summed E-state index contributed by atoms with van der Waals surface area (Å²) in [7, 11) is 0. The van der Waals surface area contributed by atoms with Gasteiger partial charge >= 0.3 is 0 Å². The zero-order valence-electron chi connectivity index (χ0n) is 12.7. The van der Waals surface area contributed by atoms with Gasteiger partial charge in [0.1, 0.15) is 17.5 Å². The standard InChI is InChI=1S/C15H15N7S/c1-3-22-7-9(6-19-22)10-4-12(21-14(17)11(10)5-16)13-8(2)20-15(18)23-13/h4,6-7H,3H2,1-2H3,(H2,17,21)(H2,18,20). The molecule has 4 N–H and O–H groups in total. The quantitative estimate of drug-likeness (QED) is 0.763. The first-order valence-electron chi connectivity index (χ1n) is 7.00. The second-order valence-corrected chi connectivity index (χ2v) is 6.01. The van der Waals surface area contributed by atoms with Gasteiger partial charge in [0.15, 0.2) is 5.13 Å². The summed E-state index contributed by atoms with van der Waals surface area (Å²) >= 11 is 1.35. The van der Waals surface area contributed by atoms with E-state index in [9.17, 15) is 5.26 Å². The molecule has 0 aliphatic heterocycles. The number of nitrogens with zero attached hydrogens (tertiary/aromatic N) is 5. The van der Waals surface area contributed by atoms with Crippen molar-refractivity contribution in [2.45, 2.75) is 20.4 Å². The van der Waals surface area contributed by atoms with Crippen molar-refractivity contribution in [3.63, 3.8) is 0 Å². The molecule has 3 aromatic heterocycles. The van der Waals surface area contributed by atoms with E-state index in [1.807, 2.05) is 26.1 Å².